The number of fused-ring (bicyclic) bond motifs is 1. The van der Waals surface area contributed by atoms with Crippen LogP contribution in [0, 0.1) is 11.6 Å². The standard InChI is InChI=1S/C27H34ClF2N3O2/c1-4-26(34)33-14-8-12-31(19(2)3)11-7-13-32(18-21-15-23(29)24(30)17-25(21)33)27(35)16-20-9-5-6-10-22(20)28/h5-6,9-10,15,17,19H,4,7-8,11-14,16,18H2,1-3H3. The van der Waals surface area contributed by atoms with Crippen LogP contribution in [0.2, 0.25) is 5.02 Å². The van der Waals surface area contributed by atoms with Crippen molar-refractivity contribution in [3.05, 3.63) is 64.2 Å². The van der Waals surface area contributed by atoms with Gasteiger partial charge in [-0.15, -0.1) is 0 Å². The summed E-state index contributed by atoms with van der Waals surface area (Å²) in [6.45, 7) is 8.46. The molecule has 8 heteroatoms. The van der Waals surface area contributed by atoms with Crippen molar-refractivity contribution < 1.29 is 18.4 Å². The van der Waals surface area contributed by atoms with E-state index >= 15 is 0 Å². The van der Waals surface area contributed by atoms with Crippen LogP contribution in [-0.4, -0.2) is 53.8 Å². The second kappa shape index (κ2) is 12.5. The van der Waals surface area contributed by atoms with E-state index in [0.717, 1.165) is 31.6 Å². The van der Waals surface area contributed by atoms with Gasteiger partial charge >= 0.3 is 0 Å². The SMILES string of the molecule is CCC(=O)N1CCCN(C(C)C)CCCN(C(=O)Cc2ccccc2Cl)Cc2cc(F)c(F)cc21. The third-order valence-electron chi connectivity index (χ3n) is 6.46. The van der Waals surface area contributed by atoms with E-state index in [1.54, 1.807) is 24.0 Å². The Labute approximate surface area is 211 Å². The number of nitrogens with zero attached hydrogens (tertiary/aromatic N) is 3. The highest BCUT2D eigenvalue weighted by atomic mass is 35.5. The quantitative estimate of drug-likeness (QED) is 0.556. The summed E-state index contributed by atoms with van der Waals surface area (Å²) in [5.74, 6) is -2.33. The number of benzene rings is 2. The van der Waals surface area contributed by atoms with Crippen molar-refractivity contribution in [3.63, 3.8) is 0 Å². The molecule has 1 heterocycles. The summed E-state index contributed by atoms with van der Waals surface area (Å²) >= 11 is 6.28. The summed E-state index contributed by atoms with van der Waals surface area (Å²) in [6.07, 6.45) is 1.78. The van der Waals surface area contributed by atoms with Crippen molar-refractivity contribution in [3.8, 4) is 0 Å². The van der Waals surface area contributed by atoms with Crippen LogP contribution in [0.25, 0.3) is 0 Å². The molecule has 0 saturated heterocycles. The second-order valence-corrected chi connectivity index (χ2v) is 9.62. The van der Waals surface area contributed by atoms with Crippen LogP contribution in [0.1, 0.15) is 51.2 Å². The summed E-state index contributed by atoms with van der Waals surface area (Å²) in [5, 5.41) is 0.509. The average Bonchev–Trinajstić information content (AvgIpc) is 2.82. The number of hydrogen-bond acceptors (Lipinski definition) is 3. The molecule has 2 amide bonds. The number of anilines is 1. The van der Waals surface area contributed by atoms with Crippen molar-refractivity contribution in [1.82, 2.24) is 9.80 Å². The van der Waals surface area contributed by atoms with E-state index in [1.807, 2.05) is 12.1 Å². The van der Waals surface area contributed by atoms with Crippen LogP contribution in [0.5, 0.6) is 0 Å². The van der Waals surface area contributed by atoms with Gasteiger partial charge in [0.05, 0.1) is 12.1 Å². The van der Waals surface area contributed by atoms with Gasteiger partial charge in [0.2, 0.25) is 11.8 Å². The van der Waals surface area contributed by atoms with Gasteiger partial charge in [0.25, 0.3) is 0 Å². The Morgan fingerprint density at radius 2 is 1.63 bits per heavy atom. The highest BCUT2D eigenvalue weighted by Crippen LogP contribution is 2.28. The first-order valence-electron chi connectivity index (χ1n) is 12.2. The Morgan fingerprint density at radius 3 is 2.29 bits per heavy atom. The molecular weight excluding hydrogens is 472 g/mol. The molecule has 5 nitrogen and oxygen atoms in total. The topological polar surface area (TPSA) is 43.9 Å². The van der Waals surface area contributed by atoms with Crippen LogP contribution in [0.15, 0.2) is 36.4 Å². The molecule has 0 radical (unpaired) electrons. The second-order valence-electron chi connectivity index (χ2n) is 9.21. The third-order valence-corrected chi connectivity index (χ3v) is 6.83. The molecule has 0 spiro atoms. The molecule has 0 saturated carbocycles. The normalized spacial score (nSPS) is 16.0. The summed E-state index contributed by atoms with van der Waals surface area (Å²) in [7, 11) is 0. The molecule has 0 bridgehead atoms. The monoisotopic (exact) mass is 505 g/mol. The van der Waals surface area contributed by atoms with Crippen molar-refractivity contribution in [2.75, 3.05) is 31.1 Å². The Hall–Kier alpha value is -2.51. The number of halogens is 3. The number of carbonyl (C=O) groups is 2. The van der Waals surface area contributed by atoms with Gasteiger partial charge in [-0.05, 0) is 49.9 Å². The maximum absolute atomic E-state index is 14.3. The van der Waals surface area contributed by atoms with Crippen molar-refractivity contribution in [2.24, 2.45) is 0 Å². The van der Waals surface area contributed by atoms with Gasteiger partial charge in [-0.3, -0.25) is 9.59 Å². The Kier molecular flexibility index (Phi) is 9.63. The lowest BCUT2D eigenvalue weighted by Crippen LogP contribution is -2.41. The third kappa shape index (κ3) is 7.01. The first-order valence-corrected chi connectivity index (χ1v) is 12.6. The molecule has 1 aliphatic rings. The van der Waals surface area contributed by atoms with E-state index in [1.165, 1.54) is 4.90 Å². The molecule has 1 aliphatic heterocycles. The van der Waals surface area contributed by atoms with Crippen LogP contribution in [0.4, 0.5) is 14.5 Å². The van der Waals surface area contributed by atoms with Gasteiger partial charge in [-0.25, -0.2) is 8.78 Å². The van der Waals surface area contributed by atoms with Crippen molar-refractivity contribution in [2.45, 2.75) is 59.0 Å². The number of carbonyl (C=O) groups excluding carboxylic acids is 2. The van der Waals surface area contributed by atoms with E-state index in [-0.39, 0.29) is 31.2 Å². The largest absolute Gasteiger partial charge is 0.338 e. The highest BCUT2D eigenvalue weighted by molar-refractivity contribution is 6.31. The van der Waals surface area contributed by atoms with Gasteiger partial charge in [-0.2, -0.15) is 0 Å². The Morgan fingerprint density at radius 1 is 0.971 bits per heavy atom. The molecule has 3 rings (SSSR count). The summed E-state index contributed by atoms with van der Waals surface area (Å²) in [4.78, 5) is 31.8. The van der Waals surface area contributed by atoms with Crippen molar-refractivity contribution in [1.29, 1.82) is 0 Å². The van der Waals surface area contributed by atoms with Crippen LogP contribution in [0.3, 0.4) is 0 Å². The molecular formula is C27H34ClF2N3O2. The van der Waals surface area contributed by atoms with Gasteiger partial charge in [-0.1, -0.05) is 36.7 Å². The number of rotatable bonds is 4. The number of hydrogen-bond donors (Lipinski definition) is 0. The fourth-order valence-corrected chi connectivity index (χ4v) is 4.67. The zero-order valence-electron chi connectivity index (χ0n) is 20.7. The maximum atomic E-state index is 14.3. The summed E-state index contributed by atoms with van der Waals surface area (Å²) < 4.78 is 28.7. The lowest BCUT2D eigenvalue weighted by Gasteiger charge is -2.33. The van der Waals surface area contributed by atoms with Gasteiger partial charge < -0.3 is 14.7 Å². The lowest BCUT2D eigenvalue weighted by molar-refractivity contribution is -0.131. The molecule has 0 unspecified atom stereocenters. The zero-order chi connectivity index (χ0) is 25.5. The lowest BCUT2D eigenvalue weighted by atomic mass is 10.1. The minimum Gasteiger partial charge on any atom is -0.338 e. The van der Waals surface area contributed by atoms with E-state index in [0.29, 0.717) is 47.4 Å². The molecule has 35 heavy (non-hydrogen) atoms. The van der Waals surface area contributed by atoms with Crippen LogP contribution in [-0.2, 0) is 22.6 Å². The Balaban J connectivity index is 2.00. The summed E-state index contributed by atoms with van der Waals surface area (Å²) in [5.41, 5.74) is 1.45. The van der Waals surface area contributed by atoms with Crippen LogP contribution >= 0.6 is 11.6 Å². The average molecular weight is 506 g/mol. The van der Waals surface area contributed by atoms with Crippen molar-refractivity contribution >= 4 is 29.1 Å². The van der Waals surface area contributed by atoms with Gasteiger partial charge in [0.1, 0.15) is 0 Å². The number of amides is 2. The minimum absolute atomic E-state index is 0.0744. The first kappa shape index (κ1) is 27.1. The smallest absolute Gasteiger partial charge is 0.227 e. The molecule has 2 aromatic rings. The predicted octanol–water partition coefficient (Wildman–Crippen LogP) is 5.44. The first-order chi connectivity index (χ1) is 16.7. The molecule has 0 N–H and O–H groups in total. The van der Waals surface area contributed by atoms with E-state index in [9.17, 15) is 18.4 Å². The van der Waals surface area contributed by atoms with Gasteiger partial charge in [0.15, 0.2) is 11.6 Å². The van der Waals surface area contributed by atoms with E-state index < -0.39 is 11.6 Å². The molecule has 190 valence electrons. The molecule has 0 aliphatic carbocycles. The van der Waals surface area contributed by atoms with Gasteiger partial charge in [0, 0.05) is 56.3 Å². The minimum atomic E-state index is -1.01. The molecule has 0 fully saturated rings. The fourth-order valence-electron chi connectivity index (χ4n) is 4.46. The van der Waals surface area contributed by atoms with E-state index in [2.05, 4.69) is 18.7 Å². The molecule has 0 atom stereocenters. The predicted molar refractivity (Wildman–Crippen MR) is 136 cm³/mol. The highest BCUT2D eigenvalue weighted by Gasteiger charge is 2.25. The molecule has 0 aromatic heterocycles. The zero-order valence-corrected chi connectivity index (χ0v) is 21.5. The maximum Gasteiger partial charge on any atom is 0.227 e. The Bertz CT molecular complexity index is 1050. The molecule has 2 aromatic carbocycles. The van der Waals surface area contributed by atoms with E-state index in [4.69, 9.17) is 11.6 Å². The van der Waals surface area contributed by atoms with Crippen LogP contribution < -0.4 is 4.90 Å². The summed E-state index contributed by atoms with van der Waals surface area (Å²) in [6, 6.07) is 9.68. The fraction of sp³-hybridized carbons (Fsp3) is 0.481.